The molecule has 0 aliphatic heterocycles. The number of amides is 1. The van der Waals surface area contributed by atoms with Crippen LogP contribution in [-0.4, -0.2) is 16.9 Å². The molecule has 0 bridgehead atoms. The Morgan fingerprint density at radius 1 is 1.20 bits per heavy atom. The van der Waals surface area contributed by atoms with Gasteiger partial charge in [0, 0.05) is 30.0 Å². The van der Waals surface area contributed by atoms with Gasteiger partial charge in [-0.1, -0.05) is 30.3 Å². The molecule has 0 radical (unpaired) electrons. The highest BCUT2D eigenvalue weighted by atomic mass is 32.2. The Hall–Kier alpha value is -2.80. The van der Waals surface area contributed by atoms with Crippen molar-refractivity contribution in [3.05, 3.63) is 70.6 Å². The maximum atomic E-state index is 12.1. The van der Waals surface area contributed by atoms with Gasteiger partial charge in [0.15, 0.2) is 0 Å². The first-order chi connectivity index (χ1) is 12.1. The molecule has 2 aromatic carbocycles. The maximum Gasteiger partial charge on any atom is 0.442 e. The van der Waals surface area contributed by atoms with E-state index in [1.54, 1.807) is 4.68 Å². The second-order valence-electron chi connectivity index (χ2n) is 5.47. The summed E-state index contributed by atoms with van der Waals surface area (Å²) in [6, 6.07) is 17.0. The highest BCUT2D eigenvalue weighted by Crippen LogP contribution is 2.14. The van der Waals surface area contributed by atoms with Crippen molar-refractivity contribution in [1.29, 1.82) is 0 Å². The largest absolute Gasteiger partial charge is 0.442 e. The molecule has 25 heavy (non-hydrogen) atoms. The average molecular weight is 356 g/mol. The van der Waals surface area contributed by atoms with Crippen LogP contribution in [0.25, 0.3) is 5.69 Å². The molecule has 0 unspecified atom stereocenters. The van der Waals surface area contributed by atoms with Crippen LogP contribution >= 0.6 is 11.8 Å². The summed E-state index contributed by atoms with van der Waals surface area (Å²) in [5, 5.41) is 5.85. The second kappa shape index (κ2) is 7.85. The summed E-state index contributed by atoms with van der Waals surface area (Å²) in [5.74, 6) is 0.372. The van der Waals surface area contributed by atoms with Crippen LogP contribution < -0.4 is 15.6 Å². The Kier molecular flexibility index (Phi) is 5.35. The number of carbonyl (C=O) groups is 1. The van der Waals surface area contributed by atoms with Crippen molar-refractivity contribution in [3.8, 4) is 5.69 Å². The van der Waals surface area contributed by atoms with Gasteiger partial charge >= 0.3 is 10.7 Å². The van der Waals surface area contributed by atoms with Crippen molar-refractivity contribution in [3.63, 3.8) is 0 Å². The first kappa shape index (κ1) is 17.0. The molecule has 6 nitrogen and oxygen atoms in total. The maximum absolute atomic E-state index is 12.1. The normalized spacial score (nSPS) is 10.6. The van der Waals surface area contributed by atoms with Gasteiger partial charge in [-0.2, -0.15) is 0 Å². The SMILES string of the molecule is Cc1cccc(NC(=O)CCSc2c(=O)o[nH][n+]2-c2ccccc2)c1. The second-order valence-corrected chi connectivity index (χ2v) is 6.56. The molecule has 0 aliphatic carbocycles. The van der Waals surface area contributed by atoms with Crippen molar-refractivity contribution in [1.82, 2.24) is 5.27 Å². The molecule has 0 aliphatic rings. The van der Waals surface area contributed by atoms with Crippen molar-refractivity contribution >= 4 is 23.4 Å². The van der Waals surface area contributed by atoms with Crippen LogP contribution in [0.1, 0.15) is 12.0 Å². The molecule has 128 valence electrons. The van der Waals surface area contributed by atoms with E-state index in [1.165, 1.54) is 11.8 Å². The lowest BCUT2D eigenvalue weighted by atomic mass is 10.2. The highest BCUT2D eigenvalue weighted by molar-refractivity contribution is 7.99. The number of thioether (sulfide) groups is 1. The van der Waals surface area contributed by atoms with Crippen LogP contribution in [0.2, 0.25) is 0 Å². The quantitative estimate of drug-likeness (QED) is 0.526. The molecule has 2 N–H and O–H groups in total. The third kappa shape index (κ3) is 4.39. The molecule has 1 heterocycles. The lowest BCUT2D eigenvalue weighted by Gasteiger charge is -2.04. The van der Waals surface area contributed by atoms with E-state index < -0.39 is 5.63 Å². The number of nitrogens with zero attached hydrogens (tertiary/aromatic N) is 1. The van der Waals surface area contributed by atoms with E-state index in [-0.39, 0.29) is 12.3 Å². The van der Waals surface area contributed by atoms with Gasteiger partial charge in [0.1, 0.15) is 0 Å². The monoisotopic (exact) mass is 356 g/mol. The molecule has 7 heteroatoms. The summed E-state index contributed by atoms with van der Waals surface area (Å²) in [7, 11) is 0. The van der Waals surface area contributed by atoms with E-state index in [4.69, 9.17) is 4.52 Å². The first-order valence-electron chi connectivity index (χ1n) is 7.82. The van der Waals surface area contributed by atoms with Gasteiger partial charge in [-0.05, 0) is 46.3 Å². The molecule has 1 amide bonds. The van der Waals surface area contributed by atoms with Crippen molar-refractivity contribution in [2.24, 2.45) is 0 Å². The highest BCUT2D eigenvalue weighted by Gasteiger charge is 2.23. The van der Waals surface area contributed by atoms with E-state index >= 15 is 0 Å². The number of carbonyl (C=O) groups excluding carboxylic acids is 1. The minimum Gasteiger partial charge on any atom is -0.326 e. The first-order valence-corrected chi connectivity index (χ1v) is 8.80. The lowest BCUT2D eigenvalue weighted by Crippen LogP contribution is -2.36. The predicted octanol–water partition coefficient (Wildman–Crippen LogP) is 2.67. The molecular formula is C18H18N3O3S+. The summed E-state index contributed by atoms with van der Waals surface area (Å²) in [6.45, 7) is 1.97. The van der Waals surface area contributed by atoms with E-state index in [1.807, 2.05) is 61.5 Å². The number of nitrogens with one attached hydrogen (secondary N) is 2. The zero-order valence-corrected chi connectivity index (χ0v) is 14.5. The van der Waals surface area contributed by atoms with Crippen molar-refractivity contribution < 1.29 is 14.0 Å². The van der Waals surface area contributed by atoms with Crippen LogP contribution in [0.3, 0.4) is 0 Å². The summed E-state index contributed by atoms with van der Waals surface area (Å²) in [5.41, 5.74) is 2.20. The van der Waals surface area contributed by atoms with Crippen LogP contribution in [0.5, 0.6) is 0 Å². The molecule has 0 spiro atoms. The number of aromatic nitrogens is 2. The van der Waals surface area contributed by atoms with Crippen LogP contribution in [0.4, 0.5) is 5.69 Å². The number of anilines is 1. The van der Waals surface area contributed by atoms with Gasteiger partial charge in [-0.15, -0.1) is 0 Å². The Bertz CT molecular complexity index is 919. The van der Waals surface area contributed by atoms with E-state index in [0.717, 1.165) is 16.9 Å². The van der Waals surface area contributed by atoms with E-state index in [9.17, 15) is 9.59 Å². The summed E-state index contributed by atoms with van der Waals surface area (Å²) in [4.78, 5) is 23.9. The zero-order valence-electron chi connectivity index (χ0n) is 13.7. The number of H-pyrrole nitrogens is 1. The van der Waals surface area contributed by atoms with Crippen molar-refractivity contribution in [2.75, 3.05) is 11.1 Å². The summed E-state index contributed by atoms with van der Waals surface area (Å²) in [6.07, 6.45) is 0.290. The van der Waals surface area contributed by atoms with Gasteiger partial charge in [-0.25, -0.2) is 4.79 Å². The Balaban J connectivity index is 1.60. The fraction of sp³-hybridized carbons (Fsp3) is 0.167. The Morgan fingerprint density at radius 2 is 2.00 bits per heavy atom. The number of hydrogen-bond acceptors (Lipinski definition) is 4. The van der Waals surface area contributed by atoms with Gasteiger partial charge < -0.3 is 5.32 Å². The van der Waals surface area contributed by atoms with Gasteiger partial charge in [0.25, 0.3) is 0 Å². The zero-order chi connectivity index (χ0) is 17.6. The lowest BCUT2D eigenvalue weighted by molar-refractivity contribution is -0.704. The molecule has 0 atom stereocenters. The molecule has 3 aromatic rings. The fourth-order valence-corrected chi connectivity index (χ4v) is 3.23. The number of aryl methyl sites for hydroxylation is 1. The van der Waals surface area contributed by atoms with Crippen molar-refractivity contribution in [2.45, 2.75) is 18.4 Å². The van der Waals surface area contributed by atoms with E-state index in [0.29, 0.717) is 10.8 Å². The average Bonchev–Trinajstić information content (AvgIpc) is 2.97. The molecule has 3 rings (SSSR count). The van der Waals surface area contributed by atoms with Crippen LogP contribution in [0, 0.1) is 6.92 Å². The number of rotatable bonds is 6. The number of para-hydroxylation sites is 1. The van der Waals surface area contributed by atoms with Gasteiger partial charge in [0.2, 0.25) is 11.6 Å². The molecule has 1 aromatic heterocycles. The number of benzene rings is 2. The third-order valence-electron chi connectivity index (χ3n) is 3.49. The number of aromatic amines is 1. The molecule has 0 fully saturated rings. The summed E-state index contributed by atoms with van der Waals surface area (Å²) >= 11 is 1.28. The minimum absolute atomic E-state index is 0.0933. The fourth-order valence-electron chi connectivity index (χ4n) is 2.32. The molecule has 0 saturated carbocycles. The minimum atomic E-state index is -0.451. The number of hydrogen-bond donors (Lipinski definition) is 2. The topological polar surface area (TPSA) is 79.0 Å². The van der Waals surface area contributed by atoms with Crippen LogP contribution in [0.15, 0.2) is 68.9 Å². The standard InChI is InChI=1S/C18H17N3O3S/c1-13-6-5-7-14(12-13)19-16(22)10-11-25-17-18(23)24-20-21(17)15-8-3-2-4-9-15/h2-9,12H,10-11H2,1H3,(H-,19,20,22,23)/p+1. The molecular weight excluding hydrogens is 338 g/mol. The summed E-state index contributed by atoms with van der Waals surface area (Å²) < 4.78 is 6.45. The van der Waals surface area contributed by atoms with E-state index in [2.05, 4.69) is 10.6 Å². The van der Waals surface area contributed by atoms with Crippen LogP contribution in [-0.2, 0) is 4.79 Å². The predicted molar refractivity (Wildman–Crippen MR) is 96.0 cm³/mol. The third-order valence-corrected chi connectivity index (χ3v) is 4.52. The van der Waals surface area contributed by atoms with Gasteiger partial charge in [-0.3, -0.25) is 9.32 Å². The molecule has 0 saturated heterocycles. The Morgan fingerprint density at radius 3 is 2.76 bits per heavy atom. The smallest absolute Gasteiger partial charge is 0.326 e. The Labute approximate surface area is 148 Å². The van der Waals surface area contributed by atoms with Gasteiger partial charge in [0.05, 0.1) is 0 Å².